The van der Waals surface area contributed by atoms with Crippen molar-refractivity contribution in [1.29, 1.82) is 0 Å². The van der Waals surface area contributed by atoms with Crippen molar-refractivity contribution in [2.45, 2.75) is 25.4 Å². The van der Waals surface area contributed by atoms with E-state index in [-0.39, 0.29) is 17.7 Å². The van der Waals surface area contributed by atoms with E-state index in [1.807, 2.05) is 24.3 Å². The number of fused-ring (bicyclic) bond motifs is 3. The molecule has 1 aliphatic rings. The van der Waals surface area contributed by atoms with Gasteiger partial charge in [-0.05, 0) is 24.1 Å². The van der Waals surface area contributed by atoms with Crippen molar-refractivity contribution in [2.24, 2.45) is 0 Å². The molecule has 3 aromatic rings. The van der Waals surface area contributed by atoms with Crippen LogP contribution in [-0.4, -0.2) is 28.5 Å². The Kier molecular flexibility index (Phi) is 4.37. The Balaban J connectivity index is 1.80. The molecule has 138 valence electrons. The molecule has 2 N–H and O–H groups in total. The van der Waals surface area contributed by atoms with E-state index in [4.69, 9.17) is 4.74 Å². The van der Waals surface area contributed by atoms with Crippen LogP contribution < -0.4 is 5.32 Å². The molecule has 0 aliphatic carbocycles. The van der Waals surface area contributed by atoms with Gasteiger partial charge in [-0.25, -0.2) is 0 Å². The van der Waals surface area contributed by atoms with E-state index in [0.717, 1.165) is 27.7 Å². The third-order valence-electron chi connectivity index (χ3n) is 4.92. The Labute approximate surface area is 155 Å². The summed E-state index contributed by atoms with van der Waals surface area (Å²) < 4.78 is 5.22. The summed E-state index contributed by atoms with van der Waals surface area (Å²) in [5, 5.41) is 15.4. The summed E-state index contributed by atoms with van der Waals surface area (Å²) in [7, 11) is 0. The quantitative estimate of drug-likeness (QED) is 0.420. The predicted octanol–water partition coefficient (Wildman–Crippen LogP) is 3.24. The molecular formula is C20H19N3O4. The predicted molar refractivity (Wildman–Crippen MR) is 100 cm³/mol. The molecule has 7 nitrogen and oxygen atoms in total. The number of rotatable bonds is 4. The van der Waals surface area contributed by atoms with Gasteiger partial charge in [-0.2, -0.15) is 0 Å². The SMILES string of the molecule is CCOC(=O)[C@@H]1Cc2c([nH]c3ccccc23)[C@@H](c2ccc([N+](=O)[O-])cc2)N1. The summed E-state index contributed by atoms with van der Waals surface area (Å²) in [5.74, 6) is -0.291. The van der Waals surface area contributed by atoms with Crippen LogP contribution in [0.3, 0.4) is 0 Å². The molecule has 0 saturated carbocycles. The third kappa shape index (κ3) is 3.06. The average molecular weight is 365 g/mol. The number of aromatic amines is 1. The van der Waals surface area contributed by atoms with E-state index < -0.39 is 11.0 Å². The summed E-state index contributed by atoms with van der Waals surface area (Å²) in [5.41, 5.74) is 3.94. The van der Waals surface area contributed by atoms with E-state index in [1.165, 1.54) is 12.1 Å². The first kappa shape index (κ1) is 17.2. The zero-order chi connectivity index (χ0) is 19.0. The number of nitrogens with one attached hydrogen (secondary N) is 2. The first-order valence-electron chi connectivity index (χ1n) is 8.85. The van der Waals surface area contributed by atoms with E-state index in [0.29, 0.717) is 13.0 Å². The number of carbonyl (C=O) groups excluding carboxylic acids is 1. The first-order chi connectivity index (χ1) is 13.1. The fourth-order valence-electron chi connectivity index (χ4n) is 3.68. The number of hydrogen-bond acceptors (Lipinski definition) is 5. The second-order valence-corrected chi connectivity index (χ2v) is 6.52. The molecule has 1 aromatic heterocycles. The van der Waals surface area contributed by atoms with Crippen LogP contribution in [-0.2, 0) is 16.0 Å². The molecule has 2 atom stereocenters. The van der Waals surface area contributed by atoms with E-state index in [9.17, 15) is 14.9 Å². The minimum atomic E-state index is -0.475. The lowest BCUT2D eigenvalue weighted by molar-refractivity contribution is -0.384. The van der Waals surface area contributed by atoms with Gasteiger partial charge in [0.25, 0.3) is 5.69 Å². The van der Waals surface area contributed by atoms with Crippen molar-refractivity contribution >= 4 is 22.6 Å². The largest absolute Gasteiger partial charge is 0.465 e. The van der Waals surface area contributed by atoms with Gasteiger partial charge in [0.15, 0.2) is 0 Å². The minimum Gasteiger partial charge on any atom is -0.465 e. The number of nitrogens with zero attached hydrogens (tertiary/aromatic N) is 1. The normalized spacial score (nSPS) is 18.9. The summed E-state index contributed by atoms with van der Waals surface area (Å²) in [6.07, 6.45) is 0.529. The van der Waals surface area contributed by atoms with Gasteiger partial charge >= 0.3 is 5.97 Å². The lowest BCUT2D eigenvalue weighted by Gasteiger charge is -2.30. The molecule has 2 aromatic carbocycles. The van der Waals surface area contributed by atoms with Gasteiger partial charge in [-0.3, -0.25) is 20.2 Å². The number of esters is 1. The zero-order valence-corrected chi connectivity index (χ0v) is 14.8. The van der Waals surface area contributed by atoms with E-state index in [2.05, 4.69) is 10.3 Å². The maximum atomic E-state index is 12.4. The second-order valence-electron chi connectivity index (χ2n) is 6.52. The summed E-state index contributed by atoms with van der Waals surface area (Å²) in [6, 6.07) is 13.6. The molecule has 0 saturated heterocycles. The molecule has 0 unspecified atom stereocenters. The Morgan fingerprint density at radius 2 is 1.96 bits per heavy atom. The molecule has 2 heterocycles. The molecule has 4 rings (SSSR count). The Hall–Kier alpha value is -3.19. The van der Waals surface area contributed by atoms with Gasteiger partial charge in [0.1, 0.15) is 6.04 Å². The molecule has 27 heavy (non-hydrogen) atoms. The highest BCUT2D eigenvalue weighted by Crippen LogP contribution is 2.35. The lowest BCUT2D eigenvalue weighted by atomic mass is 9.90. The monoisotopic (exact) mass is 365 g/mol. The summed E-state index contributed by atoms with van der Waals surface area (Å²) >= 11 is 0. The number of H-pyrrole nitrogens is 1. The molecule has 0 bridgehead atoms. The van der Waals surface area contributed by atoms with Crippen molar-refractivity contribution in [2.75, 3.05) is 6.61 Å². The highest BCUT2D eigenvalue weighted by Gasteiger charge is 2.34. The Morgan fingerprint density at radius 3 is 2.67 bits per heavy atom. The summed E-state index contributed by atoms with van der Waals surface area (Å²) in [6.45, 7) is 2.10. The van der Waals surface area contributed by atoms with Gasteiger partial charge in [-0.1, -0.05) is 30.3 Å². The number of carbonyl (C=O) groups is 1. The van der Waals surface area contributed by atoms with Crippen LogP contribution in [0.15, 0.2) is 48.5 Å². The average Bonchev–Trinajstić information content (AvgIpc) is 3.06. The van der Waals surface area contributed by atoms with Crippen molar-refractivity contribution in [3.05, 3.63) is 75.5 Å². The maximum Gasteiger partial charge on any atom is 0.323 e. The number of non-ortho nitro benzene ring substituents is 1. The van der Waals surface area contributed by atoms with Crippen LogP contribution in [0, 0.1) is 10.1 Å². The van der Waals surface area contributed by atoms with Crippen molar-refractivity contribution in [3.8, 4) is 0 Å². The van der Waals surface area contributed by atoms with Crippen LogP contribution in [0.4, 0.5) is 5.69 Å². The van der Waals surface area contributed by atoms with Gasteiger partial charge in [0, 0.05) is 35.2 Å². The number of nitro groups is 1. The number of aromatic nitrogens is 1. The standard InChI is InChI=1S/C20H19N3O4/c1-2-27-20(24)17-11-15-14-5-3-4-6-16(14)21-19(15)18(22-17)12-7-9-13(10-8-12)23(25)26/h3-10,17-18,21-22H,2,11H2,1H3/t17-,18+/m0/s1. The number of ether oxygens (including phenoxy) is 1. The zero-order valence-electron chi connectivity index (χ0n) is 14.8. The highest BCUT2D eigenvalue weighted by atomic mass is 16.6. The fourth-order valence-corrected chi connectivity index (χ4v) is 3.68. The minimum absolute atomic E-state index is 0.0355. The van der Waals surface area contributed by atoms with Crippen LogP contribution in [0.5, 0.6) is 0 Å². The third-order valence-corrected chi connectivity index (χ3v) is 4.92. The van der Waals surface area contributed by atoms with Gasteiger partial charge in [0.05, 0.1) is 17.6 Å². The smallest absolute Gasteiger partial charge is 0.323 e. The van der Waals surface area contributed by atoms with Gasteiger partial charge in [-0.15, -0.1) is 0 Å². The fraction of sp³-hybridized carbons (Fsp3) is 0.250. The highest BCUT2D eigenvalue weighted by molar-refractivity contribution is 5.87. The molecular weight excluding hydrogens is 346 g/mol. The van der Waals surface area contributed by atoms with Crippen LogP contribution in [0.2, 0.25) is 0 Å². The van der Waals surface area contributed by atoms with Crippen molar-refractivity contribution in [3.63, 3.8) is 0 Å². The number of benzene rings is 2. The van der Waals surface area contributed by atoms with E-state index in [1.54, 1.807) is 19.1 Å². The van der Waals surface area contributed by atoms with Crippen LogP contribution in [0.1, 0.15) is 29.8 Å². The summed E-state index contributed by atoms with van der Waals surface area (Å²) in [4.78, 5) is 26.4. The number of hydrogen-bond donors (Lipinski definition) is 2. The maximum absolute atomic E-state index is 12.4. The molecule has 7 heteroatoms. The van der Waals surface area contributed by atoms with Gasteiger partial charge < -0.3 is 9.72 Å². The Bertz CT molecular complexity index is 1010. The first-order valence-corrected chi connectivity index (χ1v) is 8.85. The second kappa shape index (κ2) is 6.85. The Morgan fingerprint density at radius 1 is 1.22 bits per heavy atom. The molecule has 0 spiro atoms. The van der Waals surface area contributed by atoms with Crippen LogP contribution >= 0.6 is 0 Å². The number of para-hydroxylation sites is 1. The molecule has 0 radical (unpaired) electrons. The molecule has 0 amide bonds. The molecule has 1 aliphatic heterocycles. The van der Waals surface area contributed by atoms with Crippen molar-refractivity contribution in [1.82, 2.24) is 10.3 Å². The van der Waals surface area contributed by atoms with Crippen LogP contribution in [0.25, 0.3) is 10.9 Å². The van der Waals surface area contributed by atoms with Crippen molar-refractivity contribution < 1.29 is 14.5 Å². The molecule has 0 fully saturated rings. The van der Waals surface area contributed by atoms with E-state index >= 15 is 0 Å². The van der Waals surface area contributed by atoms with Gasteiger partial charge in [0.2, 0.25) is 0 Å². The topological polar surface area (TPSA) is 97.3 Å². The lowest BCUT2D eigenvalue weighted by Crippen LogP contribution is -2.45. The number of nitro benzene ring substituents is 1.